The van der Waals surface area contributed by atoms with Crippen LogP contribution in [-0.4, -0.2) is 11.7 Å². The van der Waals surface area contributed by atoms with Gasteiger partial charge in [0.25, 0.3) is 0 Å². The van der Waals surface area contributed by atoms with Gasteiger partial charge in [-0.05, 0) is 23.6 Å². The van der Waals surface area contributed by atoms with Gasteiger partial charge in [0, 0.05) is 6.54 Å². The summed E-state index contributed by atoms with van der Waals surface area (Å²) in [6.07, 6.45) is 0. The summed E-state index contributed by atoms with van der Waals surface area (Å²) in [4.78, 5) is 5.21. The number of phenolic OH excluding ortho intramolecular Hbond substituents is 1. The predicted octanol–water partition coefficient (Wildman–Crippen LogP) is 2.07. The van der Waals surface area contributed by atoms with Gasteiger partial charge in [-0.1, -0.05) is 26.0 Å². The van der Waals surface area contributed by atoms with Crippen molar-refractivity contribution in [1.29, 1.82) is 0 Å². The Balaban J connectivity index is 2.25. The molecule has 0 amide bonds. The van der Waals surface area contributed by atoms with Gasteiger partial charge < -0.3 is 9.94 Å². The van der Waals surface area contributed by atoms with E-state index in [-0.39, 0.29) is 5.75 Å². The number of hydrogen-bond acceptors (Lipinski definition) is 3. The summed E-state index contributed by atoms with van der Waals surface area (Å²) in [6, 6.07) is 7.12. The van der Waals surface area contributed by atoms with Crippen LogP contribution in [0, 0.1) is 5.92 Å². The number of hydroxylamine groups is 1. The van der Waals surface area contributed by atoms with Gasteiger partial charge in [0.2, 0.25) is 0 Å². The lowest BCUT2D eigenvalue weighted by atomic mass is 10.2. The Morgan fingerprint density at radius 1 is 1.43 bits per heavy atom. The van der Waals surface area contributed by atoms with E-state index in [1.54, 1.807) is 12.1 Å². The molecule has 3 nitrogen and oxygen atoms in total. The molecule has 14 heavy (non-hydrogen) atoms. The molecule has 0 fully saturated rings. The van der Waals surface area contributed by atoms with Crippen LogP contribution in [0.5, 0.6) is 5.75 Å². The van der Waals surface area contributed by atoms with Crippen LogP contribution < -0.4 is 5.48 Å². The average Bonchev–Trinajstić information content (AvgIpc) is 2.12. The molecule has 0 spiro atoms. The molecule has 0 aliphatic heterocycles. The second kappa shape index (κ2) is 5.62. The van der Waals surface area contributed by atoms with Crippen LogP contribution in [-0.2, 0) is 11.4 Å². The Hall–Kier alpha value is -1.06. The summed E-state index contributed by atoms with van der Waals surface area (Å²) >= 11 is 0. The maximum atomic E-state index is 9.19. The van der Waals surface area contributed by atoms with E-state index < -0.39 is 0 Å². The van der Waals surface area contributed by atoms with E-state index in [9.17, 15) is 5.11 Å². The molecule has 3 heteroatoms. The minimum absolute atomic E-state index is 0.285. The maximum absolute atomic E-state index is 9.19. The Labute approximate surface area is 84.7 Å². The van der Waals surface area contributed by atoms with E-state index in [2.05, 4.69) is 19.3 Å². The first-order valence-corrected chi connectivity index (χ1v) is 4.81. The highest BCUT2D eigenvalue weighted by molar-refractivity contribution is 5.26. The zero-order valence-corrected chi connectivity index (χ0v) is 8.66. The van der Waals surface area contributed by atoms with Gasteiger partial charge in [-0.3, -0.25) is 0 Å². The molecule has 0 saturated carbocycles. The van der Waals surface area contributed by atoms with E-state index in [1.807, 2.05) is 12.1 Å². The number of nitrogens with one attached hydrogen (secondary N) is 1. The van der Waals surface area contributed by atoms with Crippen LogP contribution >= 0.6 is 0 Å². The maximum Gasteiger partial charge on any atom is 0.115 e. The van der Waals surface area contributed by atoms with Gasteiger partial charge >= 0.3 is 0 Å². The monoisotopic (exact) mass is 195 g/mol. The van der Waals surface area contributed by atoms with Gasteiger partial charge in [-0.25, -0.2) is 0 Å². The summed E-state index contributed by atoms with van der Waals surface area (Å²) in [5.41, 5.74) is 3.86. The molecule has 0 aliphatic carbocycles. The second-order valence-corrected chi connectivity index (χ2v) is 3.70. The molecule has 0 heterocycles. The SMILES string of the molecule is CC(C)CONCc1cccc(O)c1. The third-order valence-electron chi connectivity index (χ3n) is 1.71. The van der Waals surface area contributed by atoms with Crippen LogP contribution in [0.15, 0.2) is 24.3 Å². The van der Waals surface area contributed by atoms with Gasteiger partial charge in [-0.2, -0.15) is 5.48 Å². The Morgan fingerprint density at radius 3 is 2.86 bits per heavy atom. The minimum Gasteiger partial charge on any atom is -0.508 e. The van der Waals surface area contributed by atoms with E-state index in [0.29, 0.717) is 19.1 Å². The third-order valence-corrected chi connectivity index (χ3v) is 1.71. The summed E-state index contributed by atoms with van der Waals surface area (Å²) in [5.74, 6) is 0.805. The van der Waals surface area contributed by atoms with Gasteiger partial charge in [0.1, 0.15) is 5.75 Å². The average molecular weight is 195 g/mol. The Morgan fingerprint density at radius 2 is 2.21 bits per heavy atom. The van der Waals surface area contributed by atoms with Crippen LogP contribution in [0.3, 0.4) is 0 Å². The van der Waals surface area contributed by atoms with Crippen LogP contribution in [0.25, 0.3) is 0 Å². The van der Waals surface area contributed by atoms with Gasteiger partial charge in [-0.15, -0.1) is 0 Å². The molecule has 0 saturated heterocycles. The number of phenols is 1. The summed E-state index contributed by atoms with van der Waals surface area (Å²) in [5, 5.41) is 9.19. The molecule has 2 N–H and O–H groups in total. The standard InChI is InChI=1S/C11H17NO2/c1-9(2)8-14-12-7-10-4-3-5-11(13)6-10/h3-6,9,12-13H,7-8H2,1-2H3. The van der Waals surface area contributed by atoms with Crippen molar-refractivity contribution in [2.24, 2.45) is 5.92 Å². The third kappa shape index (κ3) is 4.25. The highest BCUT2D eigenvalue weighted by Crippen LogP contribution is 2.10. The molecular formula is C11H17NO2. The molecular weight excluding hydrogens is 178 g/mol. The summed E-state index contributed by atoms with van der Waals surface area (Å²) < 4.78 is 0. The van der Waals surface area contributed by atoms with Crippen molar-refractivity contribution in [3.63, 3.8) is 0 Å². The molecule has 0 unspecified atom stereocenters. The Kier molecular flexibility index (Phi) is 4.43. The second-order valence-electron chi connectivity index (χ2n) is 3.70. The highest BCUT2D eigenvalue weighted by Gasteiger charge is 1.95. The van der Waals surface area contributed by atoms with Gasteiger partial charge in [0.05, 0.1) is 6.61 Å². The molecule has 0 radical (unpaired) electrons. The van der Waals surface area contributed by atoms with E-state index in [0.717, 1.165) is 5.56 Å². The van der Waals surface area contributed by atoms with Crippen molar-refractivity contribution in [2.75, 3.05) is 6.61 Å². The lowest BCUT2D eigenvalue weighted by molar-refractivity contribution is 0.0196. The predicted molar refractivity (Wildman–Crippen MR) is 55.7 cm³/mol. The molecule has 0 atom stereocenters. The number of hydrogen-bond donors (Lipinski definition) is 2. The minimum atomic E-state index is 0.285. The zero-order chi connectivity index (χ0) is 10.4. The fourth-order valence-corrected chi connectivity index (χ4v) is 1.03. The van der Waals surface area contributed by atoms with Crippen molar-refractivity contribution in [3.05, 3.63) is 29.8 Å². The molecule has 0 bridgehead atoms. The first kappa shape index (κ1) is 11.0. The van der Waals surface area contributed by atoms with Crippen molar-refractivity contribution < 1.29 is 9.94 Å². The highest BCUT2D eigenvalue weighted by atomic mass is 16.6. The lowest BCUT2D eigenvalue weighted by Crippen LogP contribution is -2.17. The van der Waals surface area contributed by atoms with Crippen molar-refractivity contribution in [1.82, 2.24) is 5.48 Å². The summed E-state index contributed by atoms with van der Waals surface area (Å²) in [6.45, 7) is 5.49. The fourth-order valence-electron chi connectivity index (χ4n) is 1.03. The molecule has 1 rings (SSSR count). The lowest BCUT2D eigenvalue weighted by Gasteiger charge is -2.07. The largest absolute Gasteiger partial charge is 0.508 e. The van der Waals surface area contributed by atoms with Crippen molar-refractivity contribution in [2.45, 2.75) is 20.4 Å². The Bertz CT molecular complexity index is 274. The first-order chi connectivity index (χ1) is 6.68. The van der Waals surface area contributed by atoms with Crippen molar-refractivity contribution in [3.8, 4) is 5.75 Å². The van der Waals surface area contributed by atoms with E-state index >= 15 is 0 Å². The molecule has 78 valence electrons. The topological polar surface area (TPSA) is 41.5 Å². The van der Waals surface area contributed by atoms with Crippen LogP contribution in [0.4, 0.5) is 0 Å². The van der Waals surface area contributed by atoms with E-state index in [1.165, 1.54) is 0 Å². The fraction of sp³-hybridized carbons (Fsp3) is 0.455. The van der Waals surface area contributed by atoms with E-state index in [4.69, 9.17) is 4.84 Å². The normalized spacial score (nSPS) is 10.8. The zero-order valence-electron chi connectivity index (χ0n) is 8.66. The van der Waals surface area contributed by atoms with Crippen LogP contribution in [0.1, 0.15) is 19.4 Å². The molecule has 0 aromatic heterocycles. The number of rotatable bonds is 5. The van der Waals surface area contributed by atoms with Crippen molar-refractivity contribution >= 4 is 0 Å². The van der Waals surface area contributed by atoms with Gasteiger partial charge in [0.15, 0.2) is 0 Å². The number of aromatic hydroxyl groups is 1. The molecule has 1 aromatic rings. The quantitative estimate of drug-likeness (QED) is 0.558. The molecule has 1 aromatic carbocycles. The summed E-state index contributed by atoms with van der Waals surface area (Å²) in [7, 11) is 0. The smallest absolute Gasteiger partial charge is 0.115 e. The first-order valence-electron chi connectivity index (χ1n) is 4.81. The number of benzene rings is 1. The van der Waals surface area contributed by atoms with Crippen LogP contribution in [0.2, 0.25) is 0 Å². The molecule has 0 aliphatic rings.